The Morgan fingerprint density at radius 3 is 2.52 bits per heavy atom. The second kappa shape index (κ2) is 11.1. The Hall–Kier alpha value is -3.60. The minimum Gasteiger partial charge on any atom is -0.487 e. The molecule has 0 aliphatic carbocycles. The lowest BCUT2D eigenvalue weighted by atomic mass is 9.91. The largest absolute Gasteiger partial charge is 0.487 e. The van der Waals surface area contributed by atoms with Crippen molar-refractivity contribution in [2.45, 2.75) is 65.0 Å². The number of halogens is 1. The molecule has 2 amide bonds. The summed E-state index contributed by atoms with van der Waals surface area (Å²) in [6, 6.07) is 5.97. The van der Waals surface area contributed by atoms with E-state index in [9.17, 15) is 18.8 Å². The number of hydrogen-bond donors (Lipinski definition) is 0. The van der Waals surface area contributed by atoms with Crippen LogP contribution in [0.15, 0.2) is 35.3 Å². The third-order valence-corrected chi connectivity index (χ3v) is 8.53. The minimum absolute atomic E-state index is 0.0563. The molecule has 0 spiro atoms. The lowest BCUT2D eigenvalue weighted by Gasteiger charge is -2.47. The molecule has 0 radical (unpaired) electrons. The van der Waals surface area contributed by atoms with Gasteiger partial charge in [0.15, 0.2) is 16.5 Å². The first-order chi connectivity index (χ1) is 19.1. The third kappa shape index (κ3) is 5.02. The predicted molar refractivity (Wildman–Crippen MR) is 150 cm³/mol. The molecule has 2 aliphatic heterocycles. The van der Waals surface area contributed by atoms with Gasteiger partial charge in [-0.15, -0.1) is 10.2 Å². The van der Waals surface area contributed by atoms with Gasteiger partial charge in [-0.25, -0.2) is 4.39 Å². The van der Waals surface area contributed by atoms with Crippen molar-refractivity contribution in [1.82, 2.24) is 24.6 Å². The molecule has 0 bridgehead atoms. The van der Waals surface area contributed by atoms with Gasteiger partial charge in [0.2, 0.25) is 11.3 Å². The summed E-state index contributed by atoms with van der Waals surface area (Å²) in [6.07, 6.45) is 4.50. The van der Waals surface area contributed by atoms with Crippen molar-refractivity contribution in [3.05, 3.63) is 62.8 Å². The van der Waals surface area contributed by atoms with Crippen LogP contribution in [0.2, 0.25) is 0 Å². The van der Waals surface area contributed by atoms with E-state index in [1.807, 2.05) is 27.7 Å². The SMILES string of the molecule is CCCCOc1c2n(cc(-c3nnc(Cc4ccc(F)cc4)s3)c1=O)[C@@](C)(C(=O)N1CCC1)CN(C(C)C)C2=O. The van der Waals surface area contributed by atoms with Gasteiger partial charge in [0, 0.05) is 31.7 Å². The summed E-state index contributed by atoms with van der Waals surface area (Å²) >= 11 is 1.25. The van der Waals surface area contributed by atoms with Crippen LogP contribution in [0.3, 0.4) is 0 Å². The molecule has 5 rings (SSSR count). The average Bonchev–Trinajstić information content (AvgIpc) is 3.35. The van der Waals surface area contributed by atoms with E-state index in [-0.39, 0.29) is 53.8 Å². The van der Waals surface area contributed by atoms with Crippen LogP contribution < -0.4 is 10.2 Å². The van der Waals surface area contributed by atoms with Crippen molar-refractivity contribution in [1.29, 1.82) is 0 Å². The maximum Gasteiger partial charge on any atom is 0.274 e. The van der Waals surface area contributed by atoms with Crippen molar-refractivity contribution in [3.8, 4) is 16.3 Å². The van der Waals surface area contributed by atoms with Crippen LogP contribution in [-0.4, -0.2) is 68.7 Å². The molecule has 4 heterocycles. The smallest absolute Gasteiger partial charge is 0.274 e. The summed E-state index contributed by atoms with van der Waals surface area (Å²) in [5, 5.41) is 9.60. The summed E-state index contributed by atoms with van der Waals surface area (Å²) in [7, 11) is 0. The third-order valence-electron chi connectivity index (χ3n) is 7.58. The number of fused-ring (bicyclic) bond motifs is 1. The Morgan fingerprint density at radius 2 is 1.90 bits per heavy atom. The number of amides is 2. The van der Waals surface area contributed by atoms with Gasteiger partial charge in [-0.3, -0.25) is 14.4 Å². The molecule has 2 aliphatic rings. The number of benzene rings is 1. The van der Waals surface area contributed by atoms with Crippen molar-refractivity contribution in [2.75, 3.05) is 26.2 Å². The van der Waals surface area contributed by atoms with Gasteiger partial charge < -0.3 is 19.1 Å². The quantitative estimate of drug-likeness (QED) is 0.362. The Morgan fingerprint density at radius 1 is 1.18 bits per heavy atom. The Kier molecular flexibility index (Phi) is 7.76. The monoisotopic (exact) mass is 567 g/mol. The molecule has 0 N–H and O–H groups in total. The molecular weight excluding hydrogens is 533 g/mol. The van der Waals surface area contributed by atoms with E-state index in [4.69, 9.17) is 4.74 Å². The number of nitrogens with zero attached hydrogens (tertiary/aromatic N) is 5. The van der Waals surface area contributed by atoms with Crippen LogP contribution in [0.5, 0.6) is 5.75 Å². The highest BCUT2D eigenvalue weighted by atomic mass is 32.1. The maximum atomic E-state index is 13.9. The van der Waals surface area contributed by atoms with E-state index in [2.05, 4.69) is 10.2 Å². The zero-order valence-corrected chi connectivity index (χ0v) is 24.1. The van der Waals surface area contributed by atoms with Crippen LogP contribution >= 0.6 is 11.3 Å². The van der Waals surface area contributed by atoms with Crippen molar-refractivity contribution in [2.24, 2.45) is 0 Å². The first kappa shape index (κ1) is 27.9. The molecule has 3 aromatic rings. The van der Waals surface area contributed by atoms with Crippen molar-refractivity contribution < 1.29 is 18.7 Å². The Bertz CT molecular complexity index is 1480. The van der Waals surface area contributed by atoms with Gasteiger partial charge in [0.25, 0.3) is 5.91 Å². The summed E-state index contributed by atoms with van der Waals surface area (Å²) in [5.74, 6) is -0.810. The molecule has 212 valence electrons. The molecular formula is C29H34FN5O4S. The topological polar surface area (TPSA) is 97.6 Å². The maximum absolute atomic E-state index is 13.9. The van der Waals surface area contributed by atoms with E-state index < -0.39 is 11.0 Å². The molecule has 0 unspecified atom stereocenters. The highest BCUT2D eigenvalue weighted by Gasteiger charge is 2.49. The number of ether oxygens (including phenoxy) is 1. The van der Waals surface area contributed by atoms with Crippen LogP contribution in [0, 0.1) is 5.82 Å². The second-order valence-electron chi connectivity index (χ2n) is 10.9. The van der Waals surface area contributed by atoms with Crippen LogP contribution in [-0.2, 0) is 16.8 Å². The fourth-order valence-corrected chi connectivity index (χ4v) is 5.94. The highest BCUT2D eigenvalue weighted by molar-refractivity contribution is 7.14. The lowest BCUT2D eigenvalue weighted by Crippen LogP contribution is -2.63. The Balaban J connectivity index is 1.65. The lowest BCUT2D eigenvalue weighted by molar-refractivity contribution is -0.145. The number of carbonyl (C=O) groups excluding carboxylic acids is 2. The van der Waals surface area contributed by atoms with Crippen LogP contribution in [0.25, 0.3) is 10.6 Å². The predicted octanol–water partition coefficient (Wildman–Crippen LogP) is 4.09. The average molecular weight is 568 g/mol. The van der Waals surface area contributed by atoms with E-state index in [0.29, 0.717) is 35.9 Å². The minimum atomic E-state index is -1.14. The molecule has 11 heteroatoms. The number of rotatable bonds is 9. The van der Waals surface area contributed by atoms with Gasteiger partial charge in [0.05, 0.1) is 18.7 Å². The number of hydrogen-bond acceptors (Lipinski definition) is 7. The van der Waals surface area contributed by atoms with E-state index in [1.54, 1.807) is 32.7 Å². The number of likely N-dealkylation sites (tertiary alicyclic amines) is 1. The van der Waals surface area contributed by atoms with Gasteiger partial charge >= 0.3 is 0 Å². The Labute approximate surface area is 236 Å². The molecule has 40 heavy (non-hydrogen) atoms. The molecule has 1 saturated heterocycles. The van der Waals surface area contributed by atoms with Gasteiger partial charge in [-0.2, -0.15) is 0 Å². The van der Waals surface area contributed by atoms with E-state index in [1.165, 1.54) is 23.5 Å². The van der Waals surface area contributed by atoms with Gasteiger partial charge in [-0.05, 0) is 51.3 Å². The fraction of sp³-hybridized carbons (Fsp3) is 0.483. The van der Waals surface area contributed by atoms with Gasteiger partial charge in [0.1, 0.15) is 16.4 Å². The van der Waals surface area contributed by atoms with Crippen LogP contribution in [0.1, 0.15) is 68.0 Å². The molecule has 2 aromatic heterocycles. The van der Waals surface area contributed by atoms with Gasteiger partial charge in [-0.1, -0.05) is 36.8 Å². The highest BCUT2D eigenvalue weighted by Crippen LogP contribution is 2.36. The number of pyridine rings is 1. The second-order valence-corrected chi connectivity index (χ2v) is 11.9. The number of aromatic nitrogens is 3. The number of carbonyl (C=O) groups is 2. The molecule has 1 atom stereocenters. The molecule has 9 nitrogen and oxygen atoms in total. The first-order valence-electron chi connectivity index (χ1n) is 13.7. The summed E-state index contributed by atoms with van der Waals surface area (Å²) < 4.78 is 21.0. The zero-order valence-electron chi connectivity index (χ0n) is 23.3. The summed E-state index contributed by atoms with van der Waals surface area (Å²) in [6.45, 7) is 9.40. The van der Waals surface area contributed by atoms with E-state index in [0.717, 1.165) is 18.4 Å². The normalized spacial score (nSPS) is 18.6. The summed E-state index contributed by atoms with van der Waals surface area (Å²) in [4.78, 5) is 45.1. The fourth-order valence-electron chi connectivity index (χ4n) is 5.06. The van der Waals surface area contributed by atoms with Crippen molar-refractivity contribution in [3.63, 3.8) is 0 Å². The molecule has 1 aromatic carbocycles. The standard InChI is InChI=1S/C29H34FN5O4S/c1-5-6-14-39-25-23-27(37)34(18(2)3)17-29(4,28(38)33-12-7-13-33)35(23)16-21(24(25)36)26-32-31-22(40-26)15-19-8-10-20(30)11-9-19/h8-11,16,18H,5-7,12-15,17H2,1-4H3/t29-/m1/s1. The zero-order chi connectivity index (χ0) is 28.6. The molecule has 1 fully saturated rings. The molecule has 0 saturated carbocycles. The number of unbranched alkanes of at least 4 members (excludes halogenated alkanes) is 1. The van der Waals surface area contributed by atoms with E-state index >= 15 is 0 Å². The van der Waals surface area contributed by atoms with Crippen molar-refractivity contribution >= 4 is 23.2 Å². The summed E-state index contributed by atoms with van der Waals surface area (Å²) in [5.41, 5.74) is -0.406. The first-order valence-corrected chi connectivity index (χ1v) is 14.6. The van der Waals surface area contributed by atoms with Crippen LogP contribution in [0.4, 0.5) is 4.39 Å².